The molecule has 104 valence electrons. The maximum atomic E-state index is 13.1. The van der Waals surface area contributed by atoms with Crippen LogP contribution >= 0.6 is 0 Å². The van der Waals surface area contributed by atoms with E-state index in [0.717, 1.165) is 44.5 Å². The van der Waals surface area contributed by atoms with E-state index in [1.54, 1.807) is 12.1 Å². The number of nitrogens with zero attached hydrogens (tertiary/aromatic N) is 1. The summed E-state index contributed by atoms with van der Waals surface area (Å²) >= 11 is 0. The molecule has 1 aliphatic heterocycles. The van der Waals surface area contributed by atoms with Crippen LogP contribution in [-0.2, 0) is 11.2 Å². The normalized spacial score (nSPS) is 16.6. The Hall–Kier alpha value is -1.42. The van der Waals surface area contributed by atoms with Crippen LogP contribution in [0.1, 0.15) is 24.8 Å². The Morgan fingerprint density at radius 2 is 2.11 bits per heavy atom. The van der Waals surface area contributed by atoms with Crippen molar-refractivity contribution in [2.45, 2.75) is 25.7 Å². The number of amides is 1. The molecule has 0 radical (unpaired) electrons. The summed E-state index contributed by atoms with van der Waals surface area (Å²) < 4.78 is 13.1. The van der Waals surface area contributed by atoms with Crippen LogP contribution in [0.2, 0.25) is 0 Å². The smallest absolute Gasteiger partial charge is 0.226 e. The molecule has 0 aliphatic carbocycles. The van der Waals surface area contributed by atoms with Crippen molar-refractivity contribution in [2.24, 2.45) is 11.7 Å². The Morgan fingerprint density at radius 3 is 2.74 bits per heavy atom. The second-order valence-electron chi connectivity index (χ2n) is 5.21. The van der Waals surface area contributed by atoms with Gasteiger partial charge in [-0.15, -0.1) is 0 Å². The molecule has 0 atom stereocenters. The molecule has 4 heteroatoms. The van der Waals surface area contributed by atoms with Gasteiger partial charge in [-0.05, 0) is 49.4 Å². The molecule has 1 aliphatic rings. The van der Waals surface area contributed by atoms with Crippen LogP contribution in [0.3, 0.4) is 0 Å². The first-order chi connectivity index (χ1) is 9.19. The summed E-state index contributed by atoms with van der Waals surface area (Å²) in [5, 5.41) is 0. The fourth-order valence-electron chi connectivity index (χ4n) is 2.64. The number of hydrogen-bond donors (Lipinski definition) is 1. The predicted octanol–water partition coefficient (Wildman–Crippen LogP) is 1.96. The first-order valence-corrected chi connectivity index (χ1v) is 6.91. The van der Waals surface area contributed by atoms with E-state index in [1.165, 1.54) is 12.1 Å². The topological polar surface area (TPSA) is 46.3 Å². The largest absolute Gasteiger partial charge is 0.342 e. The van der Waals surface area contributed by atoms with Crippen molar-refractivity contribution in [1.29, 1.82) is 0 Å². The Bertz CT molecular complexity index is 428. The van der Waals surface area contributed by atoms with Gasteiger partial charge in [-0.25, -0.2) is 4.39 Å². The average Bonchev–Trinajstić information content (AvgIpc) is 2.40. The number of carbonyl (C=O) groups excluding carboxylic acids is 1. The highest BCUT2D eigenvalue weighted by Crippen LogP contribution is 2.20. The van der Waals surface area contributed by atoms with Gasteiger partial charge in [0.25, 0.3) is 0 Å². The van der Waals surface area contributed by atoms with Gasteiger partial charge in [0.1, 0.15) is 5.82 Å². The van der Waals surface area contributed by atoms with Gasteiger partial charge in [-0.2, -0.15) is 0 Å². The summed E-state index contributed by atoms with van der Waals surface area (Å²) in [4.78, 5) is 14.0. The van der Waals surface area contributed by atoms with E-state index in [0.29, 0.717) is 12.3 Å². The van der Waals surface area contributed by atoms with Crippen molar-refractivity contribution in [2.75, 3.05) is 19.6 Å². The summed E-state index contributed by atoms with van der Waals surface area (Å²) in [5.41, 5.74) is 6.30. The predicted molar refractivity (Wildman–Crippen MR) is 73.1 cm³/mol. The molecular formula is C15H21FN2O. The minimum Gasteiger partial charge on any atom is -0.342 e. The quantitative estimate of drug-likeness (QED) is 0.903. The van der Waals surface area contributed by atoms with Gasteiger partial charge in [-0.3, -0.25) is 4.79 Å². The highest BCUT2D eigenvalue weighted by atomic mass is 19.1. The first-order valence-electron chi connectivity index (χ1n) is 6.91. The van der Waals surface area contributed by atoms with Gasteiger partial charge >= 0.3 is 0 Å². The van der Waals surface area contributed by atoms with Crippen molar-refractivity contribution >= 4 is 5.91 Å². The molecular weight excluding hydrogens is 243 g/mol. The molecule has 1 amide bonds. The van der Waals surface area contributed by atoms with Crippen molar-refractivity contribution < 1.29 is 9.18 Å². The van der Waals surface area contributed by atoms with Crippen LogP contribution < -0.4 is 5.73 Å². The number of halogens is 1. The minimum absolute atomic E-state index is 0.0943. The van der Waals surface area contributed by atoms with E-state index in [4.69, 9.17) is 5.73 Å². The number of benzene rings is 1. The molecule has 0 spiro atoms. The summed E-state index contributed by atoms with van der Waals surface area (Å²) in [6.07, 6.45) is 3.41. The molecule has 0 bridgehead atoms. The molecule has 0 saturated carbocycles. The van der Waals surface area contributed by atoms with Gasteiger partial charge in [0, 0.05) is 13.1 Å². The van der Waals surface area contributed by atoms with Gasteiger partial charge in [-0.1, -0.05) is 12.1 Å². The zero-order valence-electron chi connectivity index (χ0n) is 11.1. The molecule has 2 N–H and O–H groups in total. The van der Waals surface area contributed by atoms with Crippen LogP contribution in [0.15, 0.2) is 24.3 Å². The second kappa shape index (κ2) is 6.66. The SMILES string of the molecule is NCCC1CCN(C(=O)Cc2cccc(F)c2)CC1. The third-order valence-electron chi connectivity index (χ3n) is 3.79. The Morgan fingerprint density at radius 1 is 1.37 bits per heavy atom. The van der Waals surface area contributed by atoms with Crippen molar-refractivity contribution in [3.8, 4) is 0 Å². The number of rotatable bonds is 4. The number of likely N-dealkylation sites (tertiary alicyclic amines) is 1. The molecule has 2 rings (SSSR count). The summed E-state index contributed by atoms with van der Waals surface area (Å²) in [5.74, 6) is 0.465. The van der Waals surface area contributed by atoms with Crippen molar-refractivity contribution in [3.05, 3.63) is 35.6 Å². The van der Waals surface area contributed by atoms with E-state index in [-0.39, 0.29) is 11.7 Å². The lowest BCUT2D eigenvalue weighted by Gasteiger charge is -2.32. The minimum atomic E-state index is -0.285. The molecule has 1 aromatic rings. The monoisotopic (exact) mass is 264 g/mol. The Balaban J connectivity index is 1.84. The molecule has 1 saturated heterocycles. The maximum Gasteiger partial charge on any atom is 0.226 e. The third-order valence-corrected chi connectivity index (χ3v) is 3.79. The van der Waals surface area contributed by atoms with Gasteiger partial charge in [0.15, 0.2) is 0 Å². The Labute approximate surface area is 113 Å². The van der Waals surface area contributed by atoms with Crippen LogP contribution in [0.4, 0.5) is 4.39 Å². The number of nitrogens with two attached hydrogens (primary N) is 1. The summed E-state index contributed by atoms with van der Waals surface area (Å²) in [7, 11) is 0. The van der Waals surface area contributed by atoms with Crippen LogP contribution in [0.5, 0.6) is 0 Å². The molecule has 1 fully saturated rings. The number of carbonyl (C=O) groups is 1. The first kappa shape index (κ1) is 14.0. The van der Waals surface area contributed by atoms with E-state index in [2.05, 4.69) is 0 Å². The lowest BCUT2D eigenvalue weighted by molar-refractivity contribution is -0.131. The standard InChI is InChI=1S/C15H21FN2O/c16-14-3-1-2-13(10-14)11-15(19)18-8-5-12(4-7-17)6-9-18/h1-3,10,12H,4-9,11,17H2. The molecule has 3 nitrogen and oxygen atoms in total. The summed E-state index contributed by atoms with van der Waals surface area (Å²) in [6.45, 7) is 2.33. The fraction of sp³-hybridized carbons (Fsp3) is 0.533. The zero-order valence-corrected chi connectivity index (χ0v) is 11.1. The molecule has 1 aromatic carbocycles. The van der Waals surface area contributed by atoms with Crippen LogP contribution in [0, 0.1) is 11.7 Å². The fourth-order valence-corrected chi connectivity index (χ4v) is 2.64. The Kier molecular flexibility index (Phi) is 4.91. The third kappa shape index (κ3) is 4.03. The lowest BCUT2D eigenvalue weighted by atomic mass is 9.93. The second-order valence-corrected chi connectivity index (χ2v) is 5.21. The van der Waals surface area contributed by atoms with E-state index < -0.39 is 0 Å². The molecule has 1 heterocycles. The van der Waals surface area contributed by atoms with Gasteiger partial charge in [0.05, 0.1) is 6.42 Å². The summed E-state index contributed by atoms with van der Waals surface area (Å²) in [6, 6.07) is 6.26. The highest BCUT2D eigenvalue weighted by molar-refractivity contribution is 5.78. The molecule has 19 heavy (non-hydrogen) atoms. The maximum absolute atomic E-state index is 13.1. The van der Waals surface area contributed by atoms with Crippen molar-refractivity contribution in [1.82, 2.24) is 4.90 Å². The molecule has 0 aromatic heterocycles. The van der Waals surface area contributed by atoms with Crippen molar-refractivity contribution in [3.63, 3.8) is 0 Å². The number of piperidine rings is 1. The average molecular weight is 264 g/mol. The van der Waals surface area contributed by atoms with Gasteiger partial charge < -0.3 is 10.6 Å². The van der Waals surface area contributed by atoms with Crippen LogP contribution in [-0.4, -0.2) is 30.4 Å². The van der Waals surface area contributed by atoms with E-state index in [1.807, 2.05) is 4.90 Å². The molecule has 0 unspecified atom stereocenters. The zero-order chi connectivity index (χ0) is 13.7. The van der Waals surface area contributed by atoms with E-state index in [9.17, 15) is 9.18 Å². The van der Waals surface area contributed by atoms with Crippen LogP contribution in [0.25, 0.3) is 0 Å². The lowest BCUT2D eigenvalue weighted by Crippen LogP contribution is -2.39. The van der Waals surface area contributed by atoms with E-state index >= 15 is 0 Å². The highest BCUT2D eigenvalue weighted by Gasteiger charge is 2.22. The van der Waals surface area contributed by atoms with Gasteiger partial charge in [0.2, 0.25) is 5.91 Å². The number of hydrogen-bond acceptors (Lipinski definition) is 2.